The molecule has 0 atom stereocenters. The molecule has 0 aliphatic heterocycles. The Hall–Kier alpha value is -1.84. The van der Waals surface area contributed by atoms with Crippen LogP contribution in [0.25, 0.3) is 21.8 Å². The Morgan fingerprint density at radius 2 is 1.59 bits per heavy atom. The van der Waals surface area contributed by atoms with Crippen LogP contribution in [-0.4, -0.2) is 29.1 Å². The van der Waals surface area contributed by atoms with Crippen molar-refractivity contribution in [1.82, 2.24) is 9.47 Å². The molecule has 0 amide bonds. The monoisotopic (exact) mass is 384 g/mol. The zero-order valence-electron chi connectivity index (χ0n) is 16.4. The highest BCUT2D eigenvalue weighted by atomic mass is 35.5. The largest absolute Gasteiger partial charge is 0.340 e. The van der Waals surface area contributed by atoms with E-state index in [4.69, 9.17) is 11.6 Å². The third-order valence-corrected chi connectivity index (χ3v) is 5.67. The van der Waals surface area contributed by atoms with E-state index in [1.807, 2.05) is 36.4 Å². The number of unbranched alkanes of at least 4 members (excludes halogenated alkanes) is 3. The molecule has 1 heterocycles. The van der Waals surface area contributed by atoms with Gasteiger partial charge in [-0.3, -0.25) is 4.79 Å². The number of pyridine rings is 1. The predicted octanol–water partition coefficient (Wildman–Crippen LogP) is 5.71. The highest BCUT2D eigenvalue weighted by Crippen LogP contribution is 2.23. The lowest BCUT2D eigenvalue weighted by atomic mass is 10.1. The molecule has 3 aromatic rings. The van der Waals surface area contributed by atoms with Crippen molar-refractivity contribution >= 4 is 33.4 Å². The maximum atomic E-state index is 12.8. The first-order chi connectivity index (χ1) is 13.2. The minimum atomic E-state index is 0.0905. The number of aromatic nitrogens is 1. The van der Waals surface area contributed by atoms with Crippen LogP contribution in [0.3, 0.4) is 0 Å². The number of aryl methyl sites for hydroxylation is 1. The molecule has 0 unspecified atom stereocenters. The van der Waals surface area contributed by atoms with Crippen LogP contribution in [0.5, 0.6) is 0 Å². The minimum Gasteiger partial charge on any atom is -0.340 e. The second-order valence-corrected chi connectivity index (χ2v) is 7.54. The summed E-state index contributed by atoms with van der Waals surface area (Å²) in [4.78, 5) is 15.3. The average molecular weight is 385 g/mol. The number of benzene rings is 2. The summed E-state index contributed by atoms with van der Waals surface area (Å²) in [6.45, 7) is 8.80. The lowest BCUT2D eigenvalue weighted by Crippen LogP contribution is -2.23. The molecule has 0 fully saturated rings. The Labute approximate surface area is 166 Å². The molecule has 0 saturated heterocycles. The van der Waals surface area contributed by atoms with Crippen molar-refractivity contribution in [3.05, 3.63) is 57.7 Å². The van der Waals surface area contributed by atoms with Gasteiger partial charge < -0.3 is 9.47 Å². The van der Waals surface area contributed by atoms with Crippen LogP contribution in [0.1, 0.15) is 39.5 Å². The molecule has 0 radical (unpaired) electrons. The zero-order chi connectivity index (χ0) is 19.2. The molecule has 0 bridgehead atoms. The first-order valence-corrected chi connectivity index (χ1v) is 10.5. The SMILES string of the molecule is CCN(CC)CCCCCCn1c2ccccc2c(=O)c2ccc(Cl)cc21. The fraction of sp³-hybridized carbons (Fsp3) is 0.435. The molecule has 0 N–H and O–H groups in total. The molecule has 144 valence electrons. The van der Waals surface area contributed by atoms with Gasteiger partial charge >= 0.3 is 0 Å². The third-order valence-electron chi connectivity index (χ3n) is 5.44. The van der Waals surface area contributed by atoms with Gasteiger partial charge in [0, 0.05) is 22.3 Å². The number of fused-ring (bicyclic) bond motifs is 2. The van der Waals surface area contributed by atoms with Gasteiger partial charge in [0.25, 0.3) is 0 Å². The van der Waals surface area contributed by atoms with Gasteiger partial charge in [-0.15, -0.1) is 0 Å². The molecule has 27 heavy (non-hydrogen) atoms. The molecule has 0 saturated carbocycles. The summed E-state index contributed by atoms with van der Waals surface area (Å²) in [6.07, 6.45) is 4.79. The van der Waals surface area contributed by atoms with Gasteiger partial charge in [0.05, 0.1) is 11.0 Å². The second kappa shape index (κ2) is 9.38. The molecule has 3 nitrogen and oxygen atoms in total. The number of para-hydroxylation sites is 1. The molecule has 0 aliphatic carbocycles. The third kappa shape index (κ3) is 4.53. The van der Waals surface area contributed by atoms with Crippen molar-refractivity contribution in [2.45, 2.75) is 46.1 Å². The second-order valence-electron chi connectivity index (χ2n) is 7.10. The van der Waals surface area contributed by atoms with Gasteiger partial charge in [0.15, 0.2) is 5.43 Å². The van der Waals surface area contributed by atoms with Crippen molar-refractivity contribution in [2.24, 2.45) is 0 Å². The van der Waals surface area contributed by atoms with Crippen molar-refractivity contribution in [3.8, 4) is 0 Å². The van der Waals surface area contributed by atoms with Crippen molar-refractivity contribution in [1.29, 1.82) is 0 Å². The minimum absolute atomic E-state index is 0.0905. The Bertz CT molecular complexity index is 960. The van der Waals surface area contributed by atoms with E-state index in [-0.39, 0.29) is 5.43 Å². The number of hydrogen-bond donors (Lipinski definition) is 0. The molecular formula is C23H29ClN2O. The molecule has 0 aliphatic rings. The summed E-state index contributed by atoms with van der Waals surface area (Å²) < 4.78 is 2.27. The molecule has 3 rings (SSSR count). The van der Waals surface area contributed by atoms with E-state index in [0.29, 0.717) is 5.02 Å². The molecule has 4 heteroatoms. The summed E-state index contributed by atoms with van der Waals surface area (Å²) in [5.74, 6) is 0. The quantitative estimate of drug-likeness (QED) is 0.348. The number of nitrogens with zero attached hydrogens (tertiary/aromatic N) is 2. The summed E-state index contributed by atoms with van der Waals surface area (Å²) in [6, 6.07) is 13.5. The van der Waals surface area contributed by atoms with E-state index in [9.17, 15) is 4.79 Å². The molecule has 1 aromatic heterocycles. The first-order valence-electron chi connectivity index (χ1n) is 10.1. The molecule has 2 aromatic carbocycles. The van der Waals surface area contributed by atoms with Gasteiger partial charge in [-0.05, 0) is 62.8 Å². The topological polar surface area (TPSA) is 25.2 Å². The maximum absolute atomic E-state index is 12.8. The standard InChI is InChI=1S/C23H29ClN2O/c1-3-25(4-2)15-9-5-6-10-16-26-21-12-8-7-11-19(21)23(27)20-14-13-18(24)17-22(20)26/h7-8,11-14,17H,3-6,9-10,15-16H2,1-2H3. The Morgan fingerprint density at radius 3 is 2.37 bits per heavy atom. The van der Waals surface area contributed by atoms with Crippen LogP contribution in [0, 0.1) is 0 Å². The van der Waals surface area contributed by atoms with Gasteiger partial charge in [0.2, 0.25) is 0 Å². The normalized spacial score (nSPS) is 11.7. The predicted molar refractivity (Wildman–Crippen MR) is 117 cm³/mol. The van der Waals surface area contributed by atoms with Crippen LogP contribution in [0.15, 0.2) is 47.3 Å². The number of halogens is 1. The van der Waals surface area contributed by atoms with E-state index in [0.717, 1.165) is 47.9 Å². The van der Waals surface area contributed by atoms with Crippen molar-refractivity contribution in [3.63, 3.8) is 0 Å². The van der Waals surface area contributed by atoms with E-state index in [1.165, 1.54) is 25.8 Å². The van der Waals surface area contributed by atoms with E-state index >= 15 is 0 Å². The van der Waals surface area contributed by atoms with Crippen LogP contribution >= 0.6 is 11.6 Å². The van der Waals surface area contributed by atoms with E-state index in [1.54, 1.807) is 6.07 Å². The lowest BCUT2D eigenvalue weighted by Gasteiger charge is -2.18. The number of hydrogen-bond acceptors (Lipinski definition) is 2. The highest BCUT2D eigenvalue weighted by molar-refractivity contribution is 6.31. The van der Waals surface area contributed by atoms with Gasteiger partial charge in [-0.2, -0.15) is 0 Å². The fourth-order valence-corrected chi connectivity index (χ4v) is 4.00. The highest BCUT2D eigenvalue weighted by Gasteiger charge is 2.10. The van der Waals surface area contributed by atoms with Crippen LogP contribution in [0.4, 0.5) is 0 Å². The maximum Gasteiger partial charge on any atom is 0.197 e. The van der Waals surface area contributed by atoms with Crippen molar-refractivity contribution < 1.29 is 0 Å². The van der Waals surface area contributed by atoms with Gasteiger partial charge in [-0.1, -0.05) is 50.4 Å². The molecule has 0 spiro atoms. The summed E-state index contributed by atoms with van der Waals surface area (Å²) in [5, 5.41) is 2.21. The number of rotatable bonds is 9. The Balaban J connectivity index is 1.78. The van der Waals surface area contributed by atoms with E-state index < -0.39 is 0 Å². The van der Waals surface area contributed by atoms with Crippen molar-refractivity contribution in [2.75, 3.05) is 19.6 Å². The van der Waals surface area contributed by atoms with Gasteiger partial charge in [-0.25, -0.2) is 0 Å². The average Bonchev–Trinajstić information content (AvgIpc) is 2.69. The van der Waals surface area contributed by atoms with Crippen LogP contribution in [0.2, 0.25) is 5.02 Å². The summed E-state index contributed by atoms with van der Waals surface area (Å²) in [7, 11) is 0. The summed E-state index contributed by atoms with van der Waals surface area (Å²) >= 11 is 6.23. The molecular weight excluding hydrogens is 356 g/mol. The summed E-state index contributed by atoms with van der Waals surface area (Å²) in [5.41, 5.74) is 2.03. The Kier molecular flexibility index (Phi) is 6.92. The van der Waals surface area contributed by atoms with E-state index in [2.05, 4.69) is 23.3 Å². The zero-order valence-corrected chi connectivity index (χ0v) is 17.1. The fourth-order valence-electron chi connectivity index (χ4n) is 3.84. The van der Waals surface area contributed by atoms with Gasteiger partial charge in [0.1, 0.15) is 0 Å². The smallest absolute Gasteiger partial charge is 0.197 e. The lowest BCUT2D eigenvalue weighted by molar-refractivity contribution is 0.295. The van der Waals surface area contributed by atoms with Crippen LogP contribution < -0.4 is 5.43 Å². The first kappa shape index (κ1) is 19.9. The Morgan fingerprint density at radius 1 is 0.889 bits per heavy atom. The van der Waals surface area contributed by atoms with Crippen LogP contribution in [-0.2, 0) is 6.54 Å².